The normalized spacial score (nSPS) is 19.9. The number of sulfonamides is 1. The summed E-state index contributed by atoms with van der Waals surface area (Å²) in [6.45, 7) is 1.53. The average molecular weight is 453 g/mol. The lowest BCUT2D eigenvalue weighted by molar-refractivity contribution is -0.125. The van der Waals surface area contributed by atoms with E-state index in [1.54, 1.807) is 12.1 Å². The molecule has 0 spiro atoms. The van der Waals surface area contributed by atoms with Gasteiger partial charge < -0.3 is 14.8 Å². The van der Waals surface area contributed by atoms with Gasteiger partial charge in [0.1, 0.15) is 16.4 Å². The third-order valence-corrected chi connectivity index (χ3v) is 8.54. The van der Waals surface area contributed by atoms with E-state index in [-0.39, 0.29) is 22.5 Å². The Labute approximate surface area is 186 Å². The first-order chi connectivity index (χ1) is 15.0. The quantitative estimate of drug-likeness (QED) is 0.683. The highest BCUT2D eigenvalue weighted by atomic mass is 32.2. The van der Waals surface area contributed by atoms with Gasteiger partial charge in [0, 0.05) is 31.6 Å². The lowest BCUT2D eigenvalue weighted by Crippen LogP contribution is -2.42. The van der Waals surface area contributed by atoms with Crippen molar-refractivity contribution in [2.24, 2.45) is 11.8 Å². The summed E-state index contributed by atoms with van der Waals surface area (Å²) in [5, 5.41) is 3.15. The van der Waals surface area contributed by atoms with E-state index in [1.165, 1.54) is 43.9 Å². The minimum Gasteiger partial charge on any atom is -0.497 e. The monoisotopic (exact) mass is 452 g/mol. The van der Waals surface area contributed by atoms with Crippen LogP contribution < -0.4 is 14.8 Å². The van der Waals surface area contributed by atoms with Gasteiger partial charge >= 0.3 is 0 Å². The minimum absolute atomic E-state index is 0.142. The molecule has 1 aliphatic heterocycles. The van der Waals surface area contributed by atoms with Crippen LogP contribution in [0.3, 0.4) is 0 Å². The van der Waals surface area contributed by atoms with Crippen LogP contribution in [0.15, 0.2) is 23.1 Å². The molecule has 31 heavy (non-hydrogen) atoms. The van der Waals surface area contributed by atoms with Crippen molar-refractivity contribution in [3.05, 3.63) is 18.2 Å². The van der Waals surface area contributed by atoms with Crippen molar-refractivity contribution in [1.29, 1.82) is 0 Å². The third kappa shape index (κ3) is 6.13. The zero-order valence-electron chi connectivity index (χ0n) is 18.8. The summed E-state index contributed by atoms with van der Waals surface area (Å²) in [5.74, 6) is 1.47. The van der Waals surface area contributed by atoms with Gasteiger partial charge in [-0.3, -0.25) is 4.79 Å². The molecule has 3 rings (SSSR count). The van der Waals surface area contributed by atoms with Crippen molar-refractivity contribution in [2.45, 2.75) is 62.7 Å². The number of nitrogens with one attached hydrogen (secondary N) is 1. The minimum atomic E-state index is -3.64. The average Bonchev–Trinajstić information content (AvgIpc) is 2.77. The van der Waals surface area contributed by atoms with Crippen LogP contribution >= 0.6 is 0 Å². The van der Waals surface area contributed by atoms with Crippen molar-refractivity contribution in [2.75, 3.05) is 33.9 Å². The number of amides is 1. The molecule has 0 unspecified atom stereocenters. The summed E-state index contributed by atoms with van der Waals surface area (Å²) in [6, 6.07) is 4.76. The zero-order valence-corrected chi connectivity index (χ0v) is 19.6. The predicted molar refractivity (Wildman–Crippen MR) is 120 cm³/mol. The van der Waals surface area contributed by atoms with Gasteiger partial charge in [-0.15, -0.1) is 0 Å². The van der Waals surface area contributed by atoms with Crippen molar-refractivity contribution < 1.29 is 22.7 Å². The number of rotatable bonds is 7. The summed E-state index contributed by atoms with van der Waals surface area (Å²) < 4.78 is 38.3. The fourth-order valence-electron chi connectivity index (χ4n) is 4.59. The first-order valence-electron chi connectivity index (χ1n) is 11.5. The molecule has 1 amide bonds. The molecule has 1 saturated carbocycles. The number of hydrogen-bond acceptors (Lipinski definition) is 5. The third-order valence-electron chi connectivity index (χ3n) is 6.60. The largest absolute Gasteiger partial charge is 0.497 e. The Bertz CT molecular complexity index is 826. The highest BCUT2D eigenvalue weighted by Gasteiger charge is 2.32. The van der Waals surface area contributed by atoms with E-state index in [1.807, 2.05) is 0 Å². The molecular weight excluding hydrogens is 416 g/mol. The van der Waals surface area contributed by atoms with Crippen LogP contribution in [0.25, 0.3) is 0 Å². The number of carbonyl (C=O) groups is 1. The highest BCUT2D eigenvalue weighted by molar-refractivity contribution is 7.89. The van der Waals surface area contributed by atoms with E-state index in [0.29, 0.717) is 31.3 Å². The number of ether oxygens (including phenoxy) is 2. The molecule has 1 aromatic rings. The predicted octanol–water partition coefficient (Wildman–Crippen LogP) is 3.58. The van der Waals surface area contributed by atoms with Gasteiger partial charge in [-0.1, -0.05) is 32.1 Å². The van der Waals surface area contributed by atoms with Crippen LogP contribution in [-0.4, -0.2) is 52.5 Å². The Morgan fingerprint density at radius 2 is 1.65 bits per heavy atom. The summed E-state index contributed by atoms with van der Waals surface area (Å²) in [4.78, 5) is 12.8. The van der Waals surface area contributed by atoms with E-state index >= 15 is 0 Å². The molecule has 1 heterocycles. The van der Waals surface area contributed by atoms with E-state index in [0.717, 1.165) is 38.5 Å². The lowest BCUT2D eigenvalue weighted by Gasteiger charge is -2.32. The topological polar surface area (TPSA) is 84.9 Å². The van der Waals surface area contributed by atoms with Crippen LogP contribution in [-0.2, 0) is 14.8 Å². The molecule has 1 saturated heterocycles. The second kappa shape index (κ2) is 11.2. The molecule has 174 valence electrons. The highest BCUT2D eigenvalue weighted by Crippen LogP contribution is 2.32. The molecule has 2 aliphatic rings. The van der Waals surface area contributed by atoms with Crippen LogP contribution in [0.2, 0.25) is 0 Å². The molecule has 0 bridgehead atoms. The van der Waals surface area contributed by atoms with Crippen LogP contribution in [0.5, 0.6) is 11.5 Å². The van der Waals surface area contributed by atoms with Crippen molar-refractivity contribution in [3.63, 3.8) is 0 Å². The standard InChI is InChI=1S/C23H36N2O5S/c1-29-20-10-11-22(21(16-20)30-2)31(27,28)25-14-12-18(13-15-25)17-24-23(26)19-8-6-4-3-5-7-9-19/h10-11,16,18-19H,3-9,12-15,17H2,1-2H3,(H,24,26). The van der Waals surface area contributed by atoms with Gasteiger partial charge in [-0.25, -0.2) is 8.42 Å². The van der Waals surface area contributed by atoms with E-state index in [4.69, 9.17) is 9.47 Å². The number of nitrogens with zero attached hydrogens (tertiary/aromatic N) is 1. The van der Waals surface area contributed by atoms with Crippen molar-refractivity contribution in [1.82, 2.24) is 9.62 Å². The second-order valence-electron chi connectivity index (χ2n) is 8.65. The molecule has 1 N–H and O–H groups in total. The Balaban J connectivity index is 1.52. The Kier molecular flexibility index (Phi) is 8.60. The molecule has 1 aliphatic carbocycles. The molecule has 0 aromatic heterocycles. The van der Waals surface area contributed by atoms with E-state index < -0.39 is 10.0 Å². The first kappa shape index (κ1) is 23.9. The summed E-state index contributed by atoms with van der Waals surface area (Å²) in [6.07, 6.45) is 9.50. The Morgan fingerprint density at radius 3 is 2.26 bits per heavy atom. The summed E-state index contributed by atoms with van der Waals surface area (Å²) in [7, 11) is -0.655. The summed E-state index contributed by atoms with van der Waals surface area (Å²) in [5.41, 5.74) is 0. The first-order valence-corrected chi connectivity index (χ1v) is 12.9. The molecule has 2 fully saturated rings. The maximum atomic E-state index is 13.1. The molecule has 7 nitrogen and oxygen atoms in total. The lowest BCUT2D eigenvalue weighted by atomic mass is 9.90. The van der Waals surface area contributed by atoms with Crippen molar-refractivity contribution >= 4 is 15.9 Å². The maximum Gasteiger partial charge on any atom is 0.246 e. The smallest absolute Gasteiger partial charge is 0.246 e. The van der Waals surface area contributed by atoms with Gasteiger partial charge in [0.25, 0.3) is 0 Å². The van der Waals surface area contributed by atoms with E-state index in [9.17, 15) is 13.2 Å². The van der Waals surface area contributed by atoms with Gasteiger partial charge in [0.2, 0.25) is 15.9 Å². The molecule has 1 aromatic carbocycles. The van der Waals surface area contributed by atoms with Crippen molar-refractivity contribution in [3.8, 4) is 11.5 Å². The molecular formula is C23H36N2O5S. The number of piperidine rings is 1. The van der Waals surface area contributed by atoms with Gasteiger partial charge in [-0.05, 0) is 43.7 Å². The summed E-state index contributed by atoms with van der Waals surface area (Å²) >= 11 is 0. The van der Waals surface area contributed by atoms with E-state index in [2.05, 4.69) is 5.32 Å². The van der Waals surface area contributed by atoms with Crippen LogP contribution in [0.4, 0.5) is 0 Å². The maximum absolute atomic E-state index is 13.1. The molecule has 0 radical (unpaired) electrons. The second-order valence-corrected chi connectivity index (χ2v) is 10.6. The van der Waals surface area contributed by atoms with Gasteiger partial charge in [0.05, 0.1) is 14.2 Å². The fraction of sp³-hybridized carbons (Fsp3) is 0.696. The number of hydrogen-bond donors (Lipinski definition) is 1. The fourth-order valence-corrected chi connectivity index (χ4v) is 6.19. The number of benzene rings is 1. The zero-order chi connectivity index (χ0) is 22.3. The number of methoxy groups -OCH3 is 2. The molecule has 8 heteroatoms. The Hall–Kier alpha value is -1.80. The van der Waals surface area contributed by atoms with Crippen LogP contribution in [0, 0.1) is 11.8 Å². The van der Waals surface area contributed by atoms with Crippen LogP contribution in [0.1, 0.15) is 57.8 Å². The van der Waals surface area contributed by atoms with Gasteiger partial charge in [-0.2, -0.15) is 4.31 Å². The molecule has 0 atom stereocenters. The number of carbonyl (C=O) groups excluding carboxylic acids is 1. The van der Waals surface area contributed by atoms with Gasteiger partial charge in [0.15, 0.2) is 0 Å². The SMILES string of the molecule is COc1ccc(S(=O)(=O)N2CCC(CNC(=O)C3CCCCCCC3)CC2)c(OC)c1. The Morgan fingerprint density at radius 1 is 1.00 bits per heavy atom.